The van der Waals surface area contributed by atoms with Crippen molar-refractivity contribution < 1.29 is 0 Å². The first-order valence-electron chi connectivity index (χ1n) is 12.5. The summed E-state index contributed by atoms with van der Waals surface area (Å²) >= 11 is 0. The lowest BCUT2D eigenvalue weighted by Crippen LogP contribution is -2.20. The van der Waals surface area contributed by atoms with Crippen molar-refractivity contribution in [1.29, 1.82) is 0 Å². The molecular weight excluding hydrogens is 314 g/mol. The summed E-state index contributed by atoms with van der Waals surface area (Å²) < 4.78 is 0. The zero-order chi connectivity index (χ0) is 19.1. The SMILES string of the molecule is CCCCCCCCCCCCCCN(C)CCCCCCCCCC. The van der Waals surface area contributed by atoms with Crippen molar-refractivity contribution in [3.63, 3.8) is 0 Å². The van der Waals surface area contributed by atoms with Crippen molar-refractivity contribution in [2.75, 3.05) is 20.1 Å². The van der Waals surface area contributed by atoms with E-state index < -0.39 is 0 Å². The van der Waals surface area contributed by atoms with Crippen molar-refractivity contribution in [2.24, 2.45) is 0 Å². The lowest BCUT2D eigenvalue weighted by molar-refractivity contribution is 0.314. The van der Waals surface area contributed by atoms with Crippen LogP contribution < -0.4 is 0 Å². The Labute approximate surface area is 167 Å². The van der Waals surface area contributed by atoms with Gasteiger partial charge in [0.1, 0.15) is 0 Å². The van der Waals surface area contributed by atoms with E-state index in [1.165, 1.54) is 142 Å². The van der Waals surface area contributed by atoms with Gasteiger partial charge in [-0.2, -0.15) is 0 Å². The zero-order valence-electron chi connectivity index (χ0n) is 19.0. The molecule has 0 aromatic heterocycles. The highest BCUT2D eigenvalue weighted by Crippen LogP contribution is 2.12. The van der Waals surface area contributed by atoms with Gasteiger partial charge in [0, 0.05) is 0 Å². The van der Waals surface area contributed by atoms with E-state index in [-0.39, 0.29) is 0 Å². The van der Waals surface area contributed by atoms with Crippen LogP contribution >= 0.6 is 0 Å². The second kappa shape index (κ2) is 23.0. The van der Waals surface area contributed by atoms with Crippen LogP contribution in [-0.2, 0) is 0 Å². The van der Waals surface area contributed by atoms with Crippen molar-refractivity contribution in [2.45, 2.75) is 142 Å². The van der Waals surface area contributed by atoms with Gasteiger partial charge in [-0.15, -0.1) is 0 Å². The molecule has 158 valence electrons. The van der Waals surface area contributed by atoms with E-state index in [1.54, 1.807) is 0 Å². The summed E-state index contributed by atoms with van der Waals surface area (Å²) in [5.74, 6) is 0. The third-order valence-corrected chi connectivity index (χ3v) is 5.79. The minimum absolute atomic E-state index is 1.31. The lowest BCUT2D eigenvalue weighted by Gasteiger charge is -2.16. The fourth-order valence-electron chi connectivity index (χ4n) is 3.85. The Morgan fingerprint density at radius 1 is 0.346 bits per heavy atom. The van der Waals surface area contributed by atoms with Crippen LogP contribution in [-0.4, -0.2) is 25.0 Å². The first-order valence-corrected chi connectivity index (χ1v) is 12.5. The van der Waals surface area contributed by atoms with Crippen LogP contribution in [0, 0.1) is 0 Å². The number of nitrogens with zero attached hydrogens (tertiary/aromatic N) is 1. The zero-order valence-corrected chi connectivity index (χ0v) is 19.0. The normalized spacial score (nSPS) is 11.5. The van der Waals surface area contributed by atoms with Crippen LogP contribution in [0.4, 0.5) is 0 Å². The highest BCUT2D eigenvalue weighted by molar-refractivity contribution is 4.55. The van der Waals surface area contributed by atoms with E-state index in [0.29, 0.717) is 0 Å². The molecule has 0 aliphatic heterocycles. The maximum Gasteiger partial charge on any atom is -0.00218 e. The maximum absolute atomic E-state index is 2.56. The molecule has 1 nitrogen and oxygen atoms in total. The van der Waals surface area contributed by atoms with Gasteiger partial charge in [0.15, 0.2) is 0 Å². The van der Waals surface area contributed by atoms with Gasteiger partial charge in [-0.3, -0.25) is 0 Å². The van der Waals surface area contributed by atoms with Gasteiger partial charge in [-0.1, -0.05) is 129 Å². The minimum atomic E-state index is 1.31. The first kappa shape index (κ1) is 26.0. The quantitative estimate of drug-likeness (QED) is 0.173. The Morgan fingerprint density at radius 2 is 0.577 bits per heavy atom. The summed E-state index contributed by atoms with van der Waals surface area (Å²) in [5, 5.41) is 0. The Bertz CT molecular complexity index is 238. The van der Waals surface area contributed by atoms with Gasteiger partial charge in [0.05, 0.1) is 0 Å². The second-order valence-electron chi connectivity index (χ2n) is 8.67. The molecule has 1 heteroatoms. The van der Waals surface area contributed by atoms with Crippen molar-refractivity contribution >= 4 is 0 Å². The maximum atomic E-state index is 2.56. The molecule has 0 bridgehead atoms. The Balaban J connectivity index is 3.11. The molecule has 0 unspecified atom stereocenters. The fraction of sp³-hybridized carbons (Fsp3) is 1.00. The van der Waals surface area contributed by atoms with Crippen LogP contribution in [0.2, 0.25) is 0 Å². The van der Waals surface area contributed by atoms with E-state index in [4.69, 9.17) is 0 Å². The van der Waals surface area contributed by atoms with E-state index in [0.717, 1.165) is 0 Å². The van der Waals surface area contributed by atoms with Crippen LogP contribution in [0.15, 0.2) is 0 Å². The van der Waals surface area contributed by atoms with E-state index >= 15 is 0 Å². The van der Waals surface area contributed by atoms with Crippen LogP contribution in [0.5, 0.6) is 0 Å². The summed E-state index contributed by atoms with van der Waals surface area (Å²) in [4.78, 5) is 2.56. The minimum Gasteiger partial charge on any atom is -0.306 e. The van der Waals surface area contributed by atoms with Gasteiger partial charge in [-0.25, -0.2) is 0 Å². The number of rotatable bonds is 22. The van der Waals surface area contributed by atoms with Crippen molar-refractivity contribution in [1.82, 2.24) is 4.90 Å². The summed E-state index contributed by atoms with van der Waals surface area (Å²) in [5.41, 5.74) is 0. The standard InChI is InChI=1S/C25H53N/c1-4-6-8-10-12-14-15-16-17-19-21-23-25-26(3)24-22-20-18-13-11-9-7-5-2/h4-25H2,1-3H3. The molecule has 0 spiro atoms. The summed E-state index contributed by atoms with van der Waals surface area (Å²) in [7, 11) is 2.32. The molecule has 0 aromatic rings. The van der Waals surface area contributed by atoms with Gasteiger partial charge < -0.3 is 4.90 Å². The highest BCUT2D eigenvalue weighted by atomic mass is 15.1. The van der Waals surface area contributed by atoms with Crippen LogP contribution in [0.25, 0.3) is 0 Å². The Hall–Kier alpha value is -0.0400. The molecule has 0 aromatic carbocycles. The predicted octanol–water partition coefficient (Wildman–Crippen LogP) is 8.76. The van der Waals surface area contributed by atoms with Crippen molar-refractivity contribution in [3.8, 4) is 0 Å². The Morgan fingerprint density at radius 3 is 0.846 bits per heavy atom. The van der Waals surface area contributed by atoms with E-state index in [2.05, 4.69) is 25.8 Å². The molecule has 0 atom stereocenters. The second-order valence-corrected chi connectivity index (χ2v) is 8.67. The molecule has 0 fully saturated rings. The topological polar surface area (TPSA) is 3.24 Å². The first-order chi connectivity index (χ1) is 12.8. The van der Waals surface area contributed by atoms with Gasteiger partial charge in [0.2, 0.25) is 0 Å². The smallest absolute Gasteiger partial charge is 0.00218 e. The van der Waals surface area contributed by atoms with E-state index in [1.807, 2.05) is 0 Å². The molecule has 0 rings (SSSR count). The number of unbranched alkanes of at least 4 members (excludes halogenated alkanes) is 18. The largest absolute Gasteiger partial charge is 0.306 e. The number of hydrogen-bond acceptors (Lipinski definition) is 1. The lowest BCUT2D eigenvalue weighted by atomic mass is 10.1. The van der Waals surface area contributed by atoms with Crippen molar-refractivity contribution in [3.05, 3.63) is 0 Å². The Kier molecular flexibility index (Phi) is 23.0. The molecule has 0 heterocycles. The molecule has 0 radical (unpaired) electrons. The summed E-state index contributed by atoms with van der Waals surface area (Å²) in [6.07, 6.45) is 28.9. The average molecular weight is 368 g/mol. The average Bonchev–Trinajstić information content (AvgIpc) is 2.65. The van der Waals surface area contributed by atoms with Crippen LogP contribution in [0.3, 0.4) is 0 Å². The van der Waals surface area contributed by atoms with E-state index in [9.17, 15) is 0 Å². The third kappa shape index (κ3) is 22.0. The molecule has 0 amide bonds. The monoisotopic (exact) mass is 367 g/mol. The molecule has 0 saturated carbocycles. The third-order valence-electron chi connectivity index (χ3n) is 5.79. The molecule has 0 N–H and O–H groups in total. The number of hydrogen-bond donors (Lipinski definition) is 0. The summed E-state index contributed by atoms with van der Waals surface area (Å²) in [6, 6.07) is 0. The molecule has 0 aliphatic carbocycles. The fourth-order valence-corrected chi connectivity index (χ4v) is 3.85. The van der Waals surface area contributed by atoms with Crippen LogP contribution in [0.1, 0.15) is 142 Å². The molecule has 26 heavy (non-hydrogen) atoms. The molecule has 0 aliphatic rings. The highest BCUT2D eigenvalue weighted by Gasteiger charge is 1.99. The molecular formula is C25H53N. The molecule has 0 saturated heterocycles. The van der Waals surface area contributed by atoms with Gasteiger partial charge >= 0.3 is 0 Å². The van der Waals surface area contributed by atoms with Gasteiger partial charge in [-0.05, 0) is 33.0 Å². The summed E-state index contributed by atoms with van der Waals surface area (Å²) in [6.45, 7) is 7.22. The van der Waals surface area contributed by atoms with Gasteiger partial charge in [0.25, 0.3) is 0 Å². The predicted molar refractivity (Wildman–Crippen MR) is 121 cm³/mol.